The Balaban J connectivity index is 0.574. The molecule has 0 saturated carbocycles. The molecular weight excluding hydrogens is 1170 g/mol. The molecule has 92 heavy (non-hydrogen) atoms. The van der Waals surface area contributed by atoms with Gasteiger partial charge in [-0.2, -0.15) is 0 Å². The van der Waals surface area contributed by atoms with Crippen molar-refractivity contribution in [3.05, 3.63) is 127 Å². The Morgan fingerprint density at radius 1 is 0.511 bits per heavy atom. The van der Waals surface area contributed by atoms with Gasteiger partial charge in [0.1, 0.15) is 11.6 Å². The first-order chi connectivity index (χ1) is 44.1. The lowest BCUT2D eigenvalue weighted by atomic mass is 9.90. The second-order valence-corrected chi connectivity index (χ2v) is 28.6. The molecule has 4 fully saturated rings. The highest BCUT2D eigenvalue weighted by Gasteiger charge is 2.43. The van der Waals surface area contributed by atoms with Crippen LogP contribution in [0.5, 0.6) is 0 Å². The van der Waals surface area contributed by atoms with Crippen molar-refractivity contribution >= 4 is 35.0 Å². The number of benzene rings is 2. The number of carbonyl (C=O) groups is 4. The molecule has 6 atom stereocenters. The smallest absolute Gasteiger partial charge is 0.254 e. The average molecular weight is 1270 g/mol. The van der Waals surface area contributed by atoms with Crippen LogP contribution >= 0.6 is 0 Å². The fourth-order valence-electron chi connectivity index (χ4n) is 15.6. The number of halogens is 2. The van der Waals surface area contributed by atoms with E-state index in [1.807, 2.05) is 21.9 Å². The summed E-state index contributed by atoms with van der Waals surface area (Å²) in [6.45, 7) is 23.6. The highest BCUT2D eigenvalue weighted by molar-refractivity contribution is 5.98. The molecule has 1 unspecified atom stereocenters. The van der Waals surface area contributed by atoms with Crippen LogP contribution in [0.4, 0.5) is 20.2 Å². The molecule has 0 aliphatic carbocycles. The van der Waals surface area contributed by atoms with Gasteiger partial charge >= 0.3 is 0 Å². The molecule has 0 radical (unpaired) electrons. The fourth-order valence-corrected chi connectivity index (χ4v) is 15.6. The highest BCUT2D eigenvalue weighted by Crippen LogP contribution is 2.40. The number of anilines is 2. The van der Waals surface area contributed by atoms with Crippen molar-refractivity contribution in [1.82, 2.24) is 49.2 Å². The minimum Gasteiger partial charge on any atom is -0.340 e. The van der Waals surface area contributed by atoms with Crippen LogP contribution in [0.25, 0.3) is 0 Å². The molecule has 2 aromatic heterocycles. The summed E-state index contributed by atoms with van der Waals surface area (Å²) < 4.78 is 30.7. The normalized spacial score (nSPS) is 23.1. The van der Waals surface area contributed by atoms with Crippen molar-refractivity contribution < 1.29 is 28.0 Å². The van der Waals surface area contributed by atoms with Gasteiger partial charge in [0.15, 0.2) is 0 Å². The summed E-state index contributed by atoms with van der Waals surface area (Å²) >= 11 is 0. The lowest BCUT2D eigenvalue weighted by Gasteiger charge is -2.45. The number of piperazine rings is 4. The van der Waals surface area contributed by atoms with Gasteiger partial charge in [0.2, 0.25) is 23.6 Å². The van der Waals surface area contributed by atoms with Crippen molar-refractivity contribution in [3.63, 3.8) is 0 Å². The van der Waals surface area contributed by atoms with Gasteiger partial charge in [-0.25, -0.2) is 8.78 Å². The van der Waals surface area contributed by atoms with Crippen molar-refractivity contribution in [2.75, 3.05) is 115 Å². The largest absolute Gasteiger partial charge is 0.340 e. The molecule has 20 heteroatoms. The predicted octanol–water partition coefficient (Wildman–Crippen LogP) is 6.83. The summed E-state index contributed by atoms with van der Waals surface area (Å²) in [4.78, 5) is 100.0. The zero-order valence-electron chi connectivity index (χ0n) is 56.3. The van der Waals surface area contributed by atoms with E-state index >= 15 is 0 Å². The molecule has 6 aliphatic heterocycles. The molecule has 4 amide bonds. The van der Waals surface area contributed by atoms with E-state index in [1.54, 1.807) is 47.5 Å². The number of nitrogens with one attached hydrogen (secondary N) is 2. The van der Waals surface area contributed by atoms with E-state index in [-0.39, 0.29) is 95.7 Å². The molecule has 502 valence electrons. The minimum atomic E-state index is -0.418. The van der Waals surface area contributed by atoms with E-state index in [9.17, 15) is 37.5 Å². The number of pyridine rings is 2. The molecule has 4 aromatic rings. The number of amides is 4. The zero-order chi connectivity index (χ0) is 65.4. The van der Waals surface area contributed by atoms with Crippen LogP contribution in [0.3, 0.4) is 0 Å². The molecule has 4 saturated heterocycles. The van der Waals surface area contributed by atoms with Gasteiger partial charge in [-0.1, -0.05) is 89.5 Å². The maximum absolute atomic E-state index is 14.5. The molecule has 2 aromatic carbocycles. The predicted molar refractivity (Wildman–Crippen MR) is 359 cm³/mol. The quantitative estimate of drug-likeness (QED) is 0.0667. The molecule has 10 rings (SSSR count). The Morgan fingerprint density at radius 2 is 0.935 bits per heavy atom. The number of unbranched alkanes of at least 4 members (excludes halogenated alkanes) is 9. The number of fused-ring (bicyclic) bond motifs is 2. The molecular formula is C72H104F2N12O6. The Kier molecular flexibility index (Phi) is 23.1. The van der Waals surface area contributed by atoms with E-state index in [1.165, 1.54) is 49.9 Å². The maximum Gasteiger partial charge on any atom is 0.254 e. The van der Waals surface area contributed by atoms with Crippen molar-refractivity contribution in [2.45, 2.75) is 180 Å². The van der Waals surface area contributed by atoms with Crippen molar-refractivity contribution in [3.8, 4) is 0 Å². The number of aromatic nitrogens is 2. The third kappa shape index (κ3) is 16.8. The van der Waals surface area contributed by atoms with Gasteiger partial charge in [-0.3, -0.25) is 48.4 Å². The Bertz CT molecular complexity index is 3340. The number of hydrogen-bond donors (Lipinski definition) is 2. The lowest BCUT2D eigenvalue weighted by Crippen LogP contribution is -2.63. The van der Waals surface area contributed by atoms with Crippen LogP contribution in [-0.4, -0.2) is 203 Å². The molecule has 18 nitrogen and oxygen atoms in total. The second-order valence-electron chi connectivity index (χ2n) is 28.6. The molecule has 6 aliphatic rings. The number of nitrogens with zero attached hydrogens (tertiary/aromatic N) is 10. The van der Waals surface area contributed by atoms with Gasteiger partial charge in [0.05, 0.1) is 30.2 Å². The van der Waals surface area contributed by atoms with Gasteiger partial charge in [-0.05, 0) is 88.1 Å². The summed E-state index contributed by atoms with van der Waals surface area (Å²) in [5.41, 5.74) is 5.53. The van der Waals surface area contributed by atoms with Gasteiger partial charge in [-0.15, -0.1) is 0 Å². The fraction of sp³-hybridized carbons (Fsp3) is 0.639. The maximum atomic E-state index is 14.5. The van der Waals surface area contributed by atoms with Crippen LogP contribution in [0.2, 0.25) is 0 Å². The molecule has 8 heterocycles. The second kappa shape index (κ2) is 30.9. The Morgan fingerprint density at radius 3 is 1.39 bits per heavy atom. The molecule has 2 N–H and O–H groups in total. The van der Waals surface area contributed by atoms with E-state index in [0.717, 1.165) is 125 Å². The summed E-state index contributed by atoms with van der Waals surface area (Å²) in [7, 11) is 3.57. The van der Waals surface area contributed by atoms with Gasteiger partial charge in [0, 0.05) is 196 Å². The Labute approximate surface area is 544 Å². The number of carbonyl (C=O) groups excluding carboxylic acids is 4. The van der Waals surface area contributed by atoms with Crippen LogP contribution in [-0.2, 0) is 58.0 Å². The van der Waals surface area contributed by atoms with Crippen LogP contribution < -0.4 is 31.6 Å². The van der Waals surface area contributed by atoms with Crippen LogP contribution in [0.1, 0.15) is 152 Å². The SMILES string of the molecule is C[C@@H]1CN(CC(=O)N2CC(C)(C)c3c2cc(Cc2ccc(F)cc2)c(=O)n3C)C(CN2CCN(C(=O)CCCCCCCCCCCCC(=O)N3CCN(C[C@H]4CN[C@H](C)CN4CC(=O)N4CCc5c4cc(Cc4ccc(F)cc4)c(=O)n5C)[C@H](C)C3)C[C@H]2C)CN1. The molecule has 0 spiro atoms. The van der Waals surface area contributed by atoms with E-state index in [2.05, 4.69) is 81.6 Å². The van der Waals surface area contributed by atoms with Gasteiger partial charge in [0.25, 0.3) is 11.1 Å². The summed E-state index contributed by atoms with van der Waals surface area (Å²) in [6.07, 6.45) is 13.5. The third-order valence-corrected chi connectivity index (χ3v) is 20.9. The first-order valence-electron chi connectivity index (χ1n) is 34.6. The van der Waals surface area contributed by atoms with Crippen molar-refractivity contribution in [1.29, 1.82) is 0 Å². The van der Waals surface area contributed by atoms with Crippen LogP contribution in [0.15, 0.2) is 70.3 Å². The van der Waals surface area contributed by atoms with E-state index in [0.29, 0.717) is 82.5 Å². The summed E-state index contributed by atoms with van der Waals surface area (Å²) in [5, 5.41) is 7.30. The summed E-state index contributed by atoms with van der Waals surface area (Å²) in [6, 6.07) is 17.3. The highest BCUT2D eigenvalue weighted by atomic mass is 19.1. The first-order valence-corrected chi connectivity index (χ1v) is 34.6. The zero-order valence-corrected chi connectivity index (χ0v) is 56.3. The lowest BCUT2D eigenvalue weighted by molar-refractivity contribution is -0.135. The van der Waals surface area contributed by atoms with Crippen LogP contribution in [0, 0.1) is 11.6 Å². The number of rotatable bonds is 25. The van der Waals surface area contributed by atoms with Crippen molar-refractivity contribution in [2.24, 2.45) is 14.1 Å². The average Bonchev–Trinajstić information content (AvgIpc) is 1.64. The van der Waals surface area contributed by atoms with E-state index in [4.69, 9.17) is 0 Å². The first kappa shape index (κ1) is 68.7. The third-order valence-electron chi connectivity index (χ3n) is 20.9. The summed E-state index contributed by atoms with van der Waals surface area (Å²) in [5.74, 6) is -0.0960. The Hall–Kier alpha value is -6.16. The number of hydrogen-bond acceptors (Lipinski definition) is 12. The van der Waals surface area contributed by atoms with E-state index < -0.39 is 5.41 Å². The topological polar surface area (TPSA) is 162 Å². The van der Waals surface area contributed by atoms with Gasteiger partial charge < -0.3 is 39.4 Å². The standard InChI is InChI=1S/C72H104F2N12O6/c1-50-41-83(47-67(89)85-30-29-62-63(85)37-56(70(91)77(62)7)35-54-21-25-58(73)26-22-54)60(39-75-50)45-79-31-33-81(43-52(79)3)65(87)19-17-15-13-11-9-10-12-14-16-18-20-66(88)82-34-32-80(53(4)44-82)46-61-40-76-51(2)42-84(61)48-68(90)86-49-72(5,6)69-64(86)38-57(71(92)78(69)8)36-55-23-27-59(74)28-24-55/h21-28,37-38,50-53,60-61,75-76H,9-20,29-36,39-49H2,1-8H3/t50-,51-,52-,53-,60-,61?/m1/s1. The minimum absolute atomic E-state index is 0.0173. The monoisotopic (exact) mass is 1270 g/mol. The molecule has 0 bridgehead atoms.